The molecule has 3 aromatic carbocycles. The Hall–Kier alpha value is -5.86. The number of nitrogens with one attached hydrogen (secondary N) is 2. The van der Waals surface area contributed by atoms with Gasteiger partial charge >= 0.3 is 12.1 Å². The van der Waals surface area contributed by atoms with Crippen molar-refractivity contribution >= 4 is 51.5 Å². The molecule has 3 aromatic rings. The monoisotopic (exact) mass is 1000 g/mol. The molecule has 15 nitrogen and oxygen atoms in total. The van der Waals surface area contributed by atoms with Crippen molar-refractivity contribution in [2.45, 2.75) is 110 Å². The molecule has 70 heavy (non-hydrogen) atoms. The number of hydrogen-bond acceptors (Lipinski definition) is 11. The zero-order valence-electron chi connectivity index (χ0n) is 41.0. The van der Waals surface area contributed by atoms with Gasteiger partial charge in [-0.15, -0.1) is 0 Å². The molecule has 0 bridgehead atoms. The fraction of sp³-hybridized carbons (Fsp3) is 0.500. The summed E-state index contributed by atoms with van der Waals surface area (Å²) in [4.78, 5) is 57.8. The van der Waals surface area contributed by atoms with E-state index in [2.05, 4.69) is 15.6 Å². The Kier molecular flexibility index (Phi) is 18.0. The van der Waals surface area contributed by atoms with Crippen molar-refractivity contribution in [2.24, 2.45) is 22.1 Å². The van der Waals surface area contributed by atoms with Crippen LogP contribution in [0.25, 0.3) is 17.2 Å². The maximum Gasteiger partial charge on any atom is 0.407 e. The number of nitrogens with zero attached hydrogens (tertiary/aromatic N) is 3. The van der Waals surface area contributed by atoms with E-state index in [1.165, 1.54) is 24.2 Å². The summed E-state index contributed by atoms with van der Waals surface area (Å²) in [5, 5.41) is 5.58. The number of aliphatic imine (C=N–C) groups is 1. The minimum absolute atomic E-state index is 0.0104. The minimum atomic E-state index is -3.88. The number of sulfonamides is 1. The van der Waals surface area contributed by atoms with E-state index in [9.17, 15) is 45.2 Å². The molecule has 20 heteroatoms. The lowest BCUT2D eigenvalue weighted by atomic mass is 9.89. The van der Waals surface area contributed by atoms with Crippen molar-refractivity contribution in [3.05, 3.63) is 82.9 Å². The molecule has 0 saturated carbocycles. The standard InChI is InChI=1S/C50H64F4N6O9S/c1-9-20-59(21-11-19-56-47(64)69-48(2,3)4)45(62)35-23-34-15-14-33(25-39(34)58-40(55)26-35)32-12-10-13-36(24-32)70(65,66)60-29-31(30-60)28-57-41(61)16-17-50(7,8)67-22-18-49(5,6)46(63)68-44-42(53)37(51)27-38(52)43(44)54/h10,12-15,23-25,27,31H,9,11,16-22,26,28-30H2,1-8H3,(H2,55,58)(H,56,64)(H,57,61). The molecule has 1 fully saturated rings. The van der Waals surface area contributed by atoms with Crippen LogP contribution in [0.15, 0.2) is 64.0 Å². The smallest absolute Gasteiger partial charge is 0.407 e. The number of ether oxygens (including phenoxy) is 3. The molecule has 2 aliphatic heterocycles. The first-order valence-electron chi connectivity index (χ1n) is 23.2. The van der Waals surface area contributed by atoms with Gasteiger partial charge in [0.25, 0.3) is 0 Å². The van der Waals surface area contributed by atoms with E-state index in [1.54, 1.807) is 69.9 Å². The van der Waals surface area contributed by atoms with Crippen molar-refractivity contribution in [1.29, 1.82) is 0 Å². The molecule has 0 spiro atoms. The molecule has 1 saturated heterocycles. The van der Waals surface area contributed by atoms with Gasteiger partial charge in [0.15, 0.2) is 11.6 Å². The Balaban J connectivity index is 1.09. The highest BCUT2D eigenvalue weighted by atomic mass is 32.2. The van der Waals surface area contributed by atoms with Crippen molar-refractivity contribution in [3.8, 4) is 16.9 Å². The molecule has 0 radical (unpaired) electrons. The van der Waals surface area contributed by atoms with Crippen molar-refractivity contribution in [3.63, 3.8) is 0 Å². The van der Waals surface area contributed by atoms with E-state index >= 15 is 0 Å². The van der Waals surface area contributed by atoms with E-state index < -0.39 is 67.7 Å². The molecule has 4 N–H and O–H groups in total. The third-order valence-electron chi connectivity index (χ3n) is 11.6. The van der Waals surface area contributed by atoms with Crippen LogP contribution >= 0.6 is 0 Å². The largest absolute Gasteiger partial charge is 0.444 e. The summed E-state index contributed by atoms with van der Waals surface area (Å²) in [6.45, 7) is 15.5. The first-order chi connectivity index (χ1) is 32.7. The average Bonchev–Trinajstić information content (AvgIpc) is 3.43. The van der Waals surface area contributed by atoms with E-state index in [0.29, 0.717) is 54.0 Å². The summed E-state index contributed by atoms with van der Waals surface area (Å²) in [7, 11) is -3.88. The molecule has 0 atom stereocenters. The fourth-order valence-electron chi connectivity index (χ4n) is 7.49. The normalized spacial score (nSPS) is 14.6. The van der Waals surface area contributed by atoms with Gasteiger partial charge in [-0.2, -0.15) is 13.1 Å². The number of halogens is 4. The maximum absolute atomic E-state index is 14.1. The molecular weight excluding hydrogens is 937 g/mol. The molecule has 5 rings (SSSR count). The van der Waals surface area contributed by atoms with Gasteiger partial charge in [-0.25, -0.2) is 27.0 Å². The summed E-state index contributed by atoms with van der Waals surface area (Å²) in [6, 6.07) is 12.0. The van der Waals surface area contributed by atoms with Crippen LogP contribution in [0.1, 0.15) is 99.5 Å². The third-order valence-corrected chi connectivity index (χ3v) is 13.5. The van der Waals surface area contributed by atoms with Gasteiger partial charge in [0.1, 0.15) is 11.4 Å². The van der Waals surface area contributed by atoms with Crippen LogP contribution in [0.3, 0.4) is 0 Å². The van der Waals surface area contributed by atoms with Crippen molar-refractivity contribution in [1.82, 2.24) is 19.8 Å². The molecule has 2 heterocycles. The van der Waals surface area contributed by atoms with E-state index in [-0.39, 0.29) is 86.5 Å². The lowest BCUT2D eigenvalue weighted by Crippen LogP contribution is -2.53. The highest BCUT2D eigenvalue weighted by Gasteiger charge is 2.38. The fourth-order valence-corrected chi connectivity index (χ4v) is 9.13. The summed E-state index contributed by atoms with van der Waals surface area (Å²) in [5.41, 5.74) is 6.54. The number of carbonyl (C=O) groups excluding carboxylic acids is 4. The van der Waals surface area contributed by atoms with Gasteiger partial charge in [0.2, 0.25) is 39.2 Å². The number of esters is 1. The Morgan fingerprint density at radius 2 is 1.56 bits per heavy atom. The van der Waals surface area contributed by atoms with Gasteiger partial charge < -0.3 is 35.5 Å². The summed E-state index contributed by atoms with van der Waals surface area (Å²) >= 11 is 0. The van der Waals surface area contributed by atoms with E-state index in [4.69, 9.17) is 19.9 Å². The number of carbonyl (C=O) groups is 4. The predicted molar refractivity (Wildman–Crippen MR) is 256 cm³/mol. The molecule has 0 unspecified atom stereocenters. The number of rotatable bonds is 21. The van der Waals surface area contributed by atoms with Crippen LogP contribution in [0.2, 0.25) is 0 Å². The van der Waals surface area contributed by atoms with Crippen LogP contribution < -0.4 is 21.1 Å². The molecule has 0 aliphatic carbocycles. The lowest BCUT2D eigenvalue weighted by molar-refractivity contribution is -0.146. The predicted octanol–water partition coefficient (Wildman–Crippen LogP) is 8.17. The SMILES string of the molecule is CCCN(CCCNC(=O)OC(C)(C)C)C(=O)C1=Cc2ccc(-c3cccc(S(=O)(=O)N4CC(CNC(=O)CCC(C)(C)OCCC(C)(C)C(=O)Oc5c(F)c(F)cc(F)c5F)C4)c3)cc2N=C(N)C1. The number of amidine groups is 1. The maximum atomic E-state index is 14.1. The van der Waals surface area contributed by atoms with Gasteiger partial charge in [-0.05, 0) is 110 Å². The van der Waals surface area contributed by atoms with Crippen molar-refractivity contribution < 1.29 is 59.4 Å². The summed E-state index contributed by atoms with van der Waals surface area (Å²) in [6.07, 6.45) is 3.02. The minimum Gasteiger partial charge on any atom is -0.444 e. The van der Waals surface area contributed by atoms with Crippen LogP contribution in [-0.4, -0.2) is 104 Å². The second kappa shape index (κ2) is 22.9. The highest BCUT2D eigenvalue weighted by molar-refractivity contribution is 7.89. The van der Waals surface area contributed by atoms with Crippen LogP contribution in [0.5, 0.6) is 5.75 Å². The first kappa shape index (κ1) is 55.1. The second-order valence-corrected chi connectivity index (χ2v) is 21.7. The summed E-state index contributed by atoms with van der Waals surface area (Å²) in [5.74, 6) is -9.99. The summed E-state index contributed by atoms with van der Waals surface area (Å²) < 4.78 is 100. The third kappa shape index (κ3) is 14.8. The van der Waals surface area contributed by atoms with Crippen LogP contribution in [0.4, 0.5) is 28.0 Å². The van der Waals surface area contributed by atoms with Gasteiger partial charge in [0, 0.05) is 81.8 Å². The number of hydrogen-bond donors (Lipinski definition) is 3. The Morgan fingerprint density at radius 3 is 2.21 bits per heavy atom. The van der Waals surface area contributed by atoms with E-state index in [1.807, 2.05) is 19.1 Å². The topological polar surface area (TPSA) is 199 Å². The molecule has 3 amide bonds. The first-order valence-corrected chi connectivity index (χ1v) is 24.6. The number of benzene rings is 3. The number of nitrogens with two attached hydrogens (primary N) is 1. The molecule has 0 aromatic heterocycles. The number of alkyl carbamates (subject to hydrolysis) is 1. The van der Waals surface area contributed by atoms with Crippen molar-refractivity contribution in [2.75, 3.05) is 45.9 Å². The molecule has 2 aliphatic rings. The van der Waals surface area contributed by atoms with Gasteiger partial charge in [0.05, 0.1) is 21.6 Å². The quantitative estimate of drug-likeness (QED) is 0.0308. The number of fused-ring (bicyclic) bond motifs is 1. The van der Waals surface area contributed by atoms with E-state index in [0.717, 1.165) is 6.42 Å². The average molecular weight is 1000 g/mol. The Labute approximate surface area is 407 Å². The Bertz CT molecular complexity index is 2580. The molecule has 382 valence electrons. The second-order valence-electron chi connectivity index (χ2n) is 19.7. The highest BCUT2D eigenvalue weighted by Crippen LogP contribution is 2.35. The zero-order valence-corrected chi connectivity index (χ0v) is 41.8. The lowest BCUT2D eigenvalue weighted by Gasteiger charge is -2.38. The number of amides is 3. The molecular formula is C50H64F4N6O9S. The van der Waals surface area contributed by atoms with Gasteiger partial charge in [-0.1, -0.05) is 31.2 Å². The van der Waals surface area contributed by atoms with Gasteiger partial charge in [-0.3, -0.25) is 14.4 Å². The van der Waals surface area contributed by atoms with Crippen LogP contribution in [-0.2, 0) is 33.9 Å². The Morgan fingerprint density at radius 1 is 0.886 bits per heavy atom. The van der Waals surface area contributed by atoms with Crippen LogP contribution in [0, 0.1) is 34.6 Å². The zero-order chi connectivity index (χ0) is 51.8.